The van der Waals surface area contributed by atoms with Crippen molar-refractivity contribution in [3.63, 3.8) is 0 Å². The molecule has 0 saturated carbocycles. The molecule has 5 nitrogen and oxygen atoms in total. The Labute approximate surface area is 131 Å². The average Bonchev–Trinajstić information content (AvgIpc) is 2.52. The molecule has 0 saturated heterocycles. The Morgan fingerprint density at radius 3 is 3.05 bits per heavy atom. The zero-order valence-corrected chi connectivity index (χ0v) is 12.6. The number of anilines is 1. The molecule has 2 aliphatic rings. The first-order valence-electron chi connectivity index (χ1n) is 6.66. The van der Waals surface area contributed by atoms with Gasteiger partial charge in [0.2, 0.25) is 5.91 Å². The second kappa shape index (κ2) is 5.95. The third kappa shape index (κ3) is 2.96. The lowest BCUT2D eigenvalue weighted by Gasteiger charge is -2.06. The van der Waals surface area contributed by atoms with E-state index in [9.17, 15) is 4.79 Å². The number of fused-ring (bicyclic) bond motifs is 2. The first kappa shape index (κ1) is 14.2. The van der Waals surface area contributed by atoms with E-state index in [1.165, 1.54) is 6.08 Å². The first-order chi connectivity index (χ1) is 10.7. The fourth-order valence-electron chi connectivity index (χ4n) is 2.01. The molecule has 110 valence electrons. The van der Waals surface area contributed by atoms with E-state index < -0.39 is 0 Å². The number of hydrogen-bond acceptors (Lipinski definition) is 5. The van der Waals surface area contributed by atoms with Gasteiger partial charge >= 0.3 is 0 Å². The van der Waals surface area contributed by atoms with Crippen molar-refractivity contribution in [2.45, 2.75) is 0 Å². The number of nitrogen functional groups attached to an aromatic ring is 1. The molecule has 3 N–H and O–H groups in total. The molecular formula is C16H14N4OS. The summed E-state index contributed by atoms with van der Waals surface area (Å²) in [4.78, 5) is 21.0. The summed E-state index contributed by atoms with van der Waals surface area (Å²) >= 11 is 1.62. The minimum atomic E-state index is -0.240. The number of carbonyl (C=O) groups is 1. The molecule has 1 aliphatic heterocycles. The van der Waals surface area contributed by atoms with Crippen molar-refractivity contribution in [2.24, 2.45) is 4.99 Å². The van der Waals surface area contributed by atoms with E-state index >= 15 is 0 Å². The molecular weight excluding hydrogens is 296 g/mol. The molecule has 0 fully saturated rings. The number of nitrogens with two attached hydrogens (primary N) is 1. The van der Waals surface area contributed by atoms with Gasteiger partial charge in [0, 0.05) is 5.69 Å². The van der Waals surface area contributed by atoms with Crippen LogP contribution < -0.4 is 16.4 Å². The van der Waals surface area contributed by atoms with Gasteiger partial charge in [0.05, 0.1) is 26.1 Å². The van der Waals surface area contributed by atoms with Gasteiger partial charge in [-0.05, 0) is 42.5 Å². The number of rotatable bonds is 3. The van der Waals surface area contributed by atoms with Crippen LogP contribution in [0.25, 0.3) is 20.8 Å². The van der Waals surface area contributed by atoms with E-state index in [1.807, 2.05) is 36.4 Å². The smallest absolute Gasteiger partial charge is 0.244 e. The maximum absolute atomic E-state index is 11.1. The lowest BCUT2D eigenvalue weighted by molar-refractivity contribution is -0.116. The summed E-state index contributed by atoms with van der Waals surface area (Å²) in [5, 5.41) is 3.40. The highest BCUT2D eigenvalue weighted by Crippen LogP contribution is 2.30. The highest BCUT2D eigenvalue weighted by molar-refractivity contribution is 7.21. The predicted octanol–water partition coefficient (Wildman–Crippen LogP) is 2.14. The molecule has 6 heteroatoms. The quantitative estimate of drug-likeness (QED) is 0.442. The molecule has 22 heavy (non-hydrogen) atoms. The highest BCUT2D eigenvalue weighted by atomic mass is 32.1. The van der Waals surface area contributed by atoms with Gasteiger partial charge < -0.3 is 11.1 Å². The van der Waals surface area contributed by atoms with Gasteiger partial charge in [0.1, 0.15) is 6.67 Å². The van der Waals surface area contributed by atoms with Crippen LogP contribution in [0.1, 0.15) is 0 Å². The van der Waals surface area contributed by atoms with Crippen LogP contribution in [-0.4, -0.2) is 17.6 Å². The van der Waals surface area contributed by atoms with Crippen molar-refractivity contribution in [3.8, 4) is 10.6 Å². The van der Waals surface area contributed by atoms with Crippen LogP contribution in [0.5, 0.6) is 0 Å². The van der Waals surface area contributed by atoms with E-state index in [0.29, 0.717) is 0 Å². The van der Waals surface area contributed by atoms with Gasteiger partial charge in [-0.25, -0.2) is 4.98 Å². The number of nitrogens with zero attached hydrogens (tertiary/aromatic N) is 2. The minimum Gasteiger partial charge on any atom is -0.399 e. The molecule has 0 unspecified atom stereocenters. The lowest BCUT2D eigenvalue weighted by atomic mass is 10.2. The fourth-order valence-corrected chi connectivity index (χ4v) is 3.06. The zero-order valence-electron chi connectivity index (χ0n) is 11.7. The van der Waals surface area contributed by atoms with Crippen LogP contribution >= 0.6 is 11.3 Å². The fraction of sp³-hybridized carbons (Fsp3) is 0.0625. The number of nitrogens with one attached hydrogen (secondary N) is 1. The van der Waals surface area contributed by atoms with Crippen LogP contribution in [0.2, 0.25) is 0 Å². The van der Waals surface area contributed by atoms with Gasteiger partial charge in [-0.1, -0.05) is 6.58 Å². The first-order valence-corrected chi connectivity index (χ1v) is 7.48. The summed E-state index contributed by atoms with van der Waals surface area (Å²) in [5.41, 5.74) is 8.38. The second-order valence-corrected chi connectivity index (χ2v) is 5.74. The summed E-state index contributed by atoms with van der Waals surface area (Å²) < 4.78 is 1.03. The Balaban J connectivity index is 2.00. The van der Waals surface area contributed by atoms with Crippen molar-refractivity contribution in [1.29, 1.82) is 0 Å². The summed E-state index contributed by atoms with van der Waals surface area (Å²) in [6, 6.07) is 11.4. The maximum atomic E-state index is 11.1. The lowest BCUT2D eigenvalue weighted by Crippen LogP contribution is -2.22. The molecule has 1 amide bonds. The molecule has 1 heterocycles. The van der Waals surface area contributed by atoms with Gasteiger partial charge in [-0.3, -0.25) is 9.79 Å². The topological polar surface area (TPSA) is 80.4 Å². The van der Waals surface area contributed by atoms with E-state index in [4.69, 9.17) is 5.73 Å². The van der Waals surface area contributed by atoms with E-state index in [2.05, 4.69) is 21.9 Å². The van der Waals surface area contributed by atoms with Crippen LogP contribution in [-0.2, 0) is 4.79 Å². The molecule has 0 spiro atoms. The summed E-state index contributed by atoms with van der Waals surface area (Å²) in [6.45, 7) is 3.61. The highest BCUT2D eigenvalue weighted by Gasteiger charge is 2.06. The summed E-state index contributed by atoms with van der Waals surface area (Å²) in [5.74, 6) is -0.240. The molecule has 0 aromatic heterocycles. The number of aromatic nitrogens is 1. The van der Waals surface area contributed by atoms with Crippen molar-refractivity contribution < 1.29 is 4.79 Å². The van der Waals surface area contributed by atoms with Crippen molar-refractivity contribution >= 4 is 33.1 Å². The molecule has 1 aliphatic carbocycles. The van der Waals surface area contributed by atoms with Crippen molar-refractivity contribution in [1.82, 2.24) is 10.3 Å². The van der Waals surface area contributed by atoms with Gasteiger partial charge in [-0.2, -0.15) is 0 Å². The monoisotopic (exact) mass is 310 g/mol. The summed E-state index contributed by atoms with van der Waals surface area (Å²) in [6.07, 6.45) is 1.22. The maximum Gasteiger partial charge on any atom is 0.244 e. The Bertz CT molecular complexity index is 900. The molecule has 0 atom stereocenters. The number of amides is 1. The normalized spacial score (nSPS) is 11.7. The Hall–Kier alpha value is -2.73. The van der Waals surface area contributed by atoms with Gasteiger partial charge in [0.25, 0.3) is 0 Å². The predicted molar refractivity (Wildman–Crippen MR) is 89.4 cm³/mol. The standard InChI is InChI=1S/C16H14N4OS/c1-2-16(21)19-9-18-11-4-6-13-15(8-11)22-14-7-10(17)3-5-12(14)20-13/h2-8H,1,9,17H2,(H,19,21)/b18-11+. The molecule has 0 radical (unpaired) electrons. The molecule has 0 bridgehead atoms. The third-order valence-electron chi connectivity index (χ3n) is 3.09. The van der Waals surface area contributed by atoms with Crippen LogP contribution in [0, 0.1) is 0 Å². The van der Waals surface area contributed by atoms with Gasteiger partial charge in [-0.15, -0.1) is 11.3 Å². The zero-order chi connectivity index (χ0) is 15.5. The van der Waals surface area contributed by atoms with Gasteiger partial charge in [0.15, 0.2) is 0 Å². The SMILES string of the molecule is C=CC(=O)NC/N=c1\ccc2nc3ccc(N)cc3sc-2c1. The number of hydrogen-bond donors (Lipinski definition) is 2. The Kier molecular flexibility index (Phi) is 3.84. The molecule has 1 aromatic rings. The Morgan fingerprint density at radius 1 is 1.36 bits per heavy atom. The largest absolute Gasteiger partial charge is 0.399 e. The van der Waals surface area contributed by atoms with Crippen LogP contribution in [0.4, 0.5) is 5.69 Å². The number of carbonyl (C=O) groups excluding carboxylic acids is 1. The molecule has 1 aromatic carbocycles. The molecule has 3 rings (SSSR count). The van der Waals surface area contributed by atoms with E-state index in [-0.39, 0.29) is 12.6 Å². The van der Waals surface area contributed by atoms with E-state index in [0.717, 1.165) is 31.8 Å². The van der Waals surface area contributed by atoms with Crippen LogP contribution in [0.3, 0.4) is 0 Å². The Morgan fingerprint density at radius 2 is 2.23 bits per heavy atom. The van der Waals surface area contributed by atoms with Crippen LogP contribution in [0.15, 0.2) is 54.0 Å². The summed E-state index contributed by atoms with van der Waals surface area (Å²) in [7, 11) is 0. The van der Waals surface area contributed by atoms with Crippen molar-refractivity contribution in [2.75, 3.05) is 12.4 Å². The average molecular weight is 310 g/mol. The number of benzene rings is 2. The van der Waals surface area contributed by atoms with Crippen molar-refractivity contribution in [3.05, 3.63) is 54.4 Å². The third-order valence-corrected chi connectivity index (χ3v) is 4.18. The second-order valence-electron chi connectivity index (χ2n) is 4.65. The minimum absolute atomic E-state index is 0.217. The van der Waals surface area contributed by atoms with E-state index in [1.54, 1.807) is 11.3 Å².